The van der Waals surface area contributed by atoms with Crippen LogP contribution in [0.5, 0.6) is 0 Å². The maximum atomic E-state index is 13.2. The van der Waals surface area contributed by atoms with Gasteiger partial charge in [-0.05, 0) is 55.7 Å². The Bertz CT molecular complexity index is 926. The van der Waals surface area contributed by atoms with E-state index in [1.807, 2.05) is 19.1 Å². The molecule has 0 bridgehead atoms. The highest BCUT2D eigenvalue weighted by atomic mass is 35.5. The Hall–Kier alpha value is -2.86. The van der Waals surface area contributed by atoms with Crippen LogP contribution in [0.3, 0.4) is 0 Å². The lowest BCUT2D eigenvalue weighted by atomic mass is 10.1. The van der Waals surface area contributed by atoms with Crippen molar-refractivity contribution in [2.45, 2.75) is 39.7 Å². The predicted octanol–water partition coefficient (Wildman–Crippen LogP) is 4.86. The first-order valence-corrected chi connectivity index (χ1v) is 10.4. The van der Waals surface area contributed by atoms with Gasteiger partial charge in [0.2, 0.25) is 5.91 Å². The van der Waals surface area contributed by atoms with E-state index in [0.29, 0.717) is 28.9 Å². The third-order valence-corrected chi connectivity index (χ3v) is 5.32. The van der Waals surface area contributed by atoms with Gasteiger partial charge in [-0.1, -0.05) is 43.1 Å². The van der Waals surface area contributed by atoms with Crippen LogP contribution in [0.15, 0.2) is 48.5 Å². The van der Waals surface area contributed by atoms with Gasteiger partial charge in [0.1, 0.15) is 6.04 Å². The normalized spacial score (nSPS) is 16.5. The molecule has 2 aromatic carbocycles. The molecular formula is C23H26ClN3O3. The molecule has 1 atom stereocenters. The fourth-order valence-corrected chi connectivity index (χ4v) is 3.46. The molecule has 0 unspecified atom stereocenters. The fourth-order valence-electron chi connectivity index (χ4n) is 3.34. The van der Waals surface area contributed by atoms with Crippen LogP contribution in [0, 0.1) is 12.8 Å². The summed E-state index contributed by atoms with van der Waals surface area (Å²) in [6.45, 7) is 6.48. The number of nitrogens with one attached hydrogen (secondary N) is 1. The lowest BCUT2D eigenvalue weighted by Crippen LogP contribution is -2.39. The topological polar surface area (TPSA) is 69.7 Å². The zero-order chi connectivity index (χ0) is 21.8. The van der Waals surface area contributed by atoms with E-state index in [2.05, 4.69) is 19.2 Å². The van der Waals surface area contributed by atoms with Gasteiger partial charge in [-0.25, -0.2) is 9.69 Å². The maximum Gasteiger partial charge on any atom is 0.332 e. The van der Waals surface area contributed by atoms with Gasteiger partial charge in [0.05, 0.1) is 12.1 Å². The summed E-state index contributed by atoms with van der Waals surface area (Å²) in [4.78, 5) is 41.6. The number of aryl methyl sites for hydroxylation is 1. The van der Waals surface area contributed by atoms with Gasteiger partial charge >= 0.3 is 6.03 Å². The van der Waals surface area contributed by atoms with Crippen LogP contribution in [0.4, 0.5) is 16.2 Å². The summed E-state index contributed by atoms with van der Waals surface area (Å²) in [5.41, 5.74) is 2.14. The van der Waals surface area contributed by atoms with Crippen LogP contribution >= 0.6 is 11.6 Å². The average Bonchev–Trinajstić information content (AvgIpc) is 2.92. The monoisotopic (exact) mass is 427 g/mol. The zero-order valence-corrected chi connectivity index (χ0v) is 18.1. The Balaban J connectivity index is 1.80. The van der Waals surface area contributed by atoms with Crippen molar-refractivity contribution >= 4 is 40.8 Å². The van der Waals surface area contributed by atoms with Gasteiger partial charge in [-0.2, -0.15) is 0 Å². The van der Waals surface area contributed by atoms with Crippen LogP contribution in [-0.4, -0.2) is 35.3 Å². The number of hydrogen-bond acceptors (Lipinski definition) is 3. The number of hydrogen-bond donors (Lipinski definition) is 1. The number of urea groups is 1. The second kappa shape index (κ2) is 9.30. The first-order chi connectivity index (χ1) is 14.3. The molecule has 4 amide bonds. The first-order valence-electron chi connectivity index (χ1n) is 10.0. The Kier molecular flexibility index (Phi) is 6.77. The maximum absolute atomic E-state index is 13.2. The smallest absolute Gasteiger partial charge is 0.326 e. The number of benzene rings is 2. The Labute approximate surface area is 181 Å². The molecule has 158 valence electrons. The summed E-state index contributed by atoms with van der Waals surface area (Å²) in [6, 6.07) is 12.7. The zero-order valence-electron chi connectivity index (χ0n) is 17.4. The van der Waals surface area contributed by atoms with Gasteiger partial charge in [0, 0.05) is 17.3 Å². The summed E-state index contributed by atoms with van der Waals surface area (Å²) in [5.74, 6) is -0.340. The van der Waals surface area contributed by atoms with E-state index in [9.17, 15) is 14.4 Å². The van der Waals surface area contributed by atoms with E-state index in [4.69, 9.17) is 11.6 Å². The largest absolute Gasteiger partial charge is 0.332 e. The van der Waals surface area contributed by atoms with Gasteiger partial charge in [0.15, 0.2) is 0 Å². The minimum atomic E-state index is -0.829. The minimum Gasteiger partial charge on any atom is -0.326 e. The molecule has 1 fully saturated rings. The highest BCUT2D eigenvalue weighted by Gasteiger charge is 2.46. The van der Waals surface area contributed by atoms with Crippen molar-refractivity contribution in [1.82, 2.24) is 4.90 Å². The van der Waals surface area contributed by atoms with Crippen LogP contribution in [0.2, 0.25) is 5.02 Å². The van der Waals surface area contributed by atoms with Crippen LogP contribution in [0.1, 0.15) is 32.3 Å². The predicted molar refractivity (Wildman–Crippen MR) is 119 cm³/mol. The van der Waals surface area contributed by atoms with E-state index in [-0.39, 0.29) is 24.3 Å². The average molecular weight is 428 g/mol. The van der Waals surface area contributed by atoms with Crippen molar-refractivity contribution < 1.29 is 14.4 Å². The Morgan fingerprint density at radius 2 is 1.70 bits per heavy atom. The number of nitrogens with zero attached hydrogens (tertiary/aromatic N) is 2. The number of imide groups is 1. The van der Waals surface area contributed by atoms with Crippen molar-refractivity contribution in [3.8, 4) is 0 Å². The van der Waals surface area contributed by atoms with Crippen molar-refractivity contribution in [3.63, 3.8) is 0 Å². The number of anilines is 2. The van der Waals surface area contributed by atoms with Gasteiger partial charge in [-0.15, -0.1) is 0 Å². The molecule has 0 radical (unpaired) electrons. The quantitative estimate of drug-likeness (QED) is 0.641. The molecule has 0 spiro atoms. The molecule has 3 rings (SSSR count). The highest BCUT2D eigenvalue weighted by Crippen LogP contribution is 2.28. The van der Waals surface area contributed by atoms with Crippen molar-refractivity contribution in [2.75, 3.05) is 16.8 Å². The van der Waals surface area contributed by atoms with E-state index in [1.165, 1.54) is 9.80 Å². The SMILES string of the molecule is Cc1ccc(N2C(=O)[C@@H](CC(=O)Nc3ccc(Cl)cc3)N(CCC(C)C)C2=O)cc1. The molecule has 1 aliphatic heterocycles. The summed E-state index contributed by atoms with van der Waals surface area (Å²) in [5, 5.41) is 3.34. The fraction of sp³-hybridized carbons (Fsp3) is 0.348. The van der Waals surface area contributed by atoms with Gasteiger partial charge in [-0.3, -0.25) is 9.59 Å². The molecule has 1 saturated heterocycles. The molecular weight excluding hydrogens is 402 g/mol. The standard InChI is InChI=1S/C23H26ClN3O3/c1-15(2)12-13-26-20(14-21(28)25-18-8-6-17(24)7-9-18)22(29)27(23(26)30)19-10-4-16(3)5-11-19/h4-11,15,20H,12-14H2,1-3H3,(H,25,28)/t20-/m1/s1. The highest BCUT2D eigenvalue weighted by molar-refractivity contribution is 6.30. The molecule has 1 heterocycles. The van der Waals surface area contributed by atoms with E-state index < -0.39 is 6.04 Å². The van der Waals surface area contributed by atoms with Crippen LogP contribution in [0.25, 0.3) is 0 Å². The number of carbonyl (C=O) groups excluding carboxylic acids is 3. The number of halogens is 1. The number of amides is 4. The summed E-state index contributed by atoms with van der Waals surface area (Å²) >= 11 is 5.88. The number of carbonyl (C=O) groups is 3. The molecule has 0 saturated carbocycles. The molecule has 2 aromatic rings. The Morgan fingerprint density at radius 1 is 1.07 bits per heavy atom. The molecule has 0 aliphatic carbocycles. The van der Waals surface area contributed by atoms with Crippen LogP contribution in [-0.2, 0) is 9.59 Å². The van der Waals surface area contributed by atoms with E-state index in [1.54, 1.807) is 36.4 Å². The number of rotatable bonds is 7. The third kappa shape index (κ3) is 5.00. The summed E-state index contributed by atoms with van der Waals surface area (Å²) in [7, 11) is 0. The lowest BCUT2D eigenvalue weighted by Gasteiger charge is -2.22. The second-order valence-corrected chi connectivity index (χ2v) is 8.38. The Morgan fingerprint density at radius 3 is 2.30 bits per heavy atom. The van der Waals surface area contributed by atoms with E-state index in [0.717, 1.165) is 12.0 Å². The van der Waals surface area contributed by atoms with Crippen molar-refractivity contribution in [1.29, 1.82) is 0 Å². The first kappa shape index (κ1) is 21.8. The van der Waals surface area contributed by atoms with Crippen LogP contribution < -0.4 is 10.2 Å². The third-order valence-electron chi connectivity index (χ3n) is 5.06. The van der Waals surface area contributed by atoms with Crippen molar-refractivity contribution in [3.05, 3.63) is 59.1 Å². The van der Waals surface area contributed by atoms with E-state index >= 15 is 0 Å². The summed E-state index contributed by atoms with van der Waals surface area (Å²) < 4.78 is 0. The van der Waals surface area contributed by atoms with Gasteiger partial charge in [0.25, 0.3) is 5.91 Å². The molecule has 1 N–H and O–H groups in total. The van der Waals surface area contributed by atoms with Crippen molar-refractivity contribution in [2.24, 2.45) is 5.92 Å². The van der Waals surface area contributed by atoms with Gasteiger partial charge < -0.3 is 10.2 Å². The minimum absolute atomic E-state index is 0.104. The lowest BCUT2D eigenvalue weighted by molar-refractivity contribution is -0.124. The second-order valence-electron chi connectivity index (χ2n) is 7.94. The molecule has 6 nitrogen and oxygen atoms in total. The molecule has 1 aliphatic rings. The molecule has 0 aromatic heterocycles. The molecule has 30 heavy (non-hydrogen) atoms. The molecule has 7 heteroatoms. The summed E-state index contributed by atoms with van der Waals surface area (Å²) in [6.07, 6.45) is 0.643.